The Labute approximate surface area is 136 Å². The van der Waals surface area contributed by atoms with Gasteiger partial charge in [0.1, 0.15) is 0 Å². The third kappa shape index (κ3) is 6.12. The lowest BCUT2D eigenvalue weighted by Gasteiger charge is -2.18. The van der Waals surface area contributed by atoms with Crippen LogP contribution in [0.1, 0.15) is 25.3 Å². The molecule has 1 aromatic rings. The Morgan fingerprint density at radius 2 is 1.95 bits per heavy atom. The summed E-state index contributed by atoms with van der Waals surface area (Å²) in [5.74, 6) is 0.918. The minimum absolute atomic E-state index is 0.177. The van der Waals surface area contributed by atoms with Crippen LogP contribution < -0.4 is 10.6 Å². The van der Waals surface area contributed by atoms with Crippen molar-refractivity contribution in [1.82, 2.24) is 10.6 Å². The minimum atomic E-state index is 0.177. The van der Waals surface area contributed by atoms with Gasteiger partial charge in [0.25, 0.3) is 0 Å². The zero-order valence-electron chi connectivity index (χ0n) is 12.7. The molecule has 0 saturated carbocycles. The van der Waals surface area contributed by atoms with E-state index in [2.05, 4.69) is 22.5 Å². The molecule has 0 spiro atoms. The van der Waals surface area contributed by atoms with Crippen LogP contribution in [0.4, 0.5) is 0 Å². The molecular formula is C15H23Cl2N3O. The standard InChI is InChI=1S/C15H23Cl2N3O/c1-4-21-9-8-19-15(18-3)20-10-11(2)14-12(16)6-5-7-13(14)17/h5-7,11H,4,8-10H2,1-3H3,(H2,18,19,20). The molecule has 0 aliphatic carbocycles. The van der Waals surface area contributed by atoms with Crippen molar-refractivity contribution in [3.63, 3.8) is 0 Å². The zero-order valence-corrected chi connectivity index (χ0v) is 14.3. The predicted molar refractivity (Wildman–Crippen MR) is 90.7 cm³/mol. The number of nitrogens with zero attached hydrogens (tertiary/aromatic N) is 1. The fourth-order valence-electron chi connectivity index (χ4n) is 1.94. The topological polar surface area (TPSA) is 45.6 Å². The van der Waals surface area contributed by atoms with E-state index in [1.165, 1.54) is 0 Å². The number of hydrogen-bond donors (Lipinski definition) is 2. The Balaban J connectivity index is 2.49. The SMILES string of the molecule is CCOCCNC(=NC)NCC(C)c1c(Cl)cccc1Cl. The van der Waals surface area contributed by atoms with Gasteiger partial charge < -0.3 is 15.4 Å². The summed E-state index contributed by atoms with van der Waals surface area (Å²) < 4.78 is 5.27. The van der Waals surface area contributed by atoms with Crippen molar-refractivity contribution in [2.24, 2.45) is 4.99 Å². The maximum atomic E-state index is 6.22. The quantitative estimate of drug-likeness (QED) is 0.457. The van der Waals surface area contributed by atoms with Gasteiger partial charge in [-0.3, -0.25) is 4.99 Å². The monoisotopic (exact) mass is 331 g/mol. The maximum absolute atomic E-state index is 6.22. The van der Waals surface area contributed by atoms with Crippen molar-refractivity contribution in [1.29, 1.82) is 0 Å². The molecule has 0 radical (unpaired) electrons. The first kappa shape index (κ1) is 18.1. The highest BCUT2D eigenvalue weighted by molar-refractivity contribution is 6.36. The van der Waals surface area contributed by atoms with Crippen molar-refractivity contribution in [3.05, 3.63) is 33.8 Å². The molecule has 0 bridgehead atoms. The number of rotatable bonds is 7. The molecule has 1 rings (SSSR count). The summed E-state index contributed by atoms with van der Waals surface area (Å²) in [6.45, 7) is 6.83. The van der Waals surface area contributed by atoms with Crippen molar-refractivity contribution in [3.8, 4) is 0 Å². The highest BCUT2D eigenvalue weighted by Crippen LogP contribution is 2.30. The number of ether oxygens (including phenoxy) is 1. The average Bonchev–Trinajstić information content (AvgIpc) is 2.46. The maximum Gasteiger partial charge on any atom is 0.191 e. The van der Waals surface area contributed by atoms with E-state index in [-0.39, 0.29) is 5.92 Å². The number of aliphatic imine (C=N–C) groups is 1. The van der Waals surface area contributed by atoms with Crippen LogP contribution in [-0.4, -0.2) is 39.3 Å². The van der Waals surface area contributed by atoms with Gasteiger partial charge in [-0.05, 0) is 24.6 Å². The van der Waals surface area contributed by atoms with Crippen LogP contribution in [0.5, 0.6) is 0 Å². The number of nitrogens with one attached hydrogen (secondary N) is 2. The molecule has 1 aromatic carbocycles. The van der Waals surface area contributed by atoms with Crippen molar-refractivity contribution in [2.75, 3.05) is 33.4 Å². The molecule has 6 heteroatoms. The van der Waals surface area contributed by atoms with Gasteiger partial charge in [-0.25, -0.2) is 0 Å². The molecule has 0 saturated heterocycles. The summed E-state index contributed by atoms with van der Waals surface area (Å²) in [7, 11) is 1.74. The smallest absolute Gasteiger partial charge is 0.191 e. The highest BCUT2D eigenvalue weighted by Gasteiger charge is 2.13. The van der Waals surface area contributed by atoms with Gasteiger partial charge in [-0.1, -0.05) is 36.2 Å². The predicted octanol–water partition coefficient (Wildman–Crippen LogP) is 3.30. The van der Waals surface area contributed by atoms with Crippen molar-refractivity contribution >= 4 is 29.2 Å². The lowest BCUT2D eigenvalue weighted by atomic mass is 10.0. The average molecular weight is 332 g/mol. The second-order valence-electron chi connectivity index (χ2n) is 4.61. The van der Waals surface area contributed by atoms with Crippen LogP contribution in [0, 0.1) is 0 Å². The first-order chi connectivity index (χ1) is 10.1. The molecule has 2 N–H and O–H groups in total. The Bertz CT molecular complexity index is 446. The Morgan fingerprint density at radius 3 is 2.52 bits per heavy atom. The van der Waals surface area contributed by atoms with Crippen LogP contribution in [-0.2, 0) is 4.74 Å². The summed E-state index contributed by atoms with van der Waals surface area (Å²) in [6.07, 6.45) is 0. The lowest BCUT2D eigenvalue weighted by Crippen LogP contribution is -2.40. The molecule has 0 heterocycles. The number of hydrogen-bond acceptors (Lipinski definition) is 2. The molecule has 1 unspecified atom stereocenters. The normalized spacial score (nSPS) is 13.1. The van der Waals surface area contributed by atoms with E-state index < -0.39 is 0 Å². The minimum Gasteiger partial charge on any atom is -0.380 e. The van der Waals surface area contributed by atoms with E-state index in [1.807, 2.05) is 25.1 Å². The second kappa shape index (κ2) is 9.87. The Morgan fingerprint density at radius 1 is 1.29 bits per heavy atom. The molecular weight excluding hydrogens is 309 g/mol. The van der Waals surface area contributed by atoms with Crippen molar-refractivity contribution in [2.45, 2.75) is 19.8 Å². The lowest BCUT2D eigenvalue weighted by molar-refractivity contribution is 0.152. The molecule has 1 atom stereocenters. The number of halogens is 2. The van der Waals surface area contributed by atoms with Crippen molar-refractivity contribution < 1.29 is 4.74 Å². The van der Waals surface area contributed by atoms with Crippen LogP contribution in [0.3, 0.4) is 0 Å². The van der Waals surface area contributed by atoms with Crippen LogP contribution >= 0.6 is 23.2 Å². The molecule has 4 nitrogen and oxygen atoms in total. The molecule has 0 aliphatic rings. The van der Waals surface area contributed by atoms with Crippen LogP contribution in [0.2, 0.25) is 10.0 Å². The van der Waals surface area contributed by atoms with Gasteiger partial charge in [-0.15, -0.1) is 0 Å². The van der Waals surface area contributed by atoms with E-state index in [0.29, 0.717) is 23.2 Å². The second-order valence-corrected chi connectivity index (χ2v) is 5.43. The van der Waals surface area contributed by atoms with Crippen LogP contribution in [0.25, 0.3) is 0 Å². The van der Waals surface area contributed by atoms with Gasteiger partial charge in [0, 0.05) is 42.7 Å². The van der Waals surface area contributed by atoms with E-state index in [9.17, 15) is 0 Å². The summed E-state index contributed by atoms with van der Waals surface area (Å²) >= 11 is 12.4. The van der Waals surface area contributed by atoms with E-state index in [0.717, 1.165) is 24.7 Å². The van der Waals surface area contributed by atoms with Gasteiger partial charge >= 0.3 is 0 Å². The molecule has 21 heavy (non-hydrogen) atoms. The Hall–Kier alpha value is -0.970. The fraction of sp³-hybridized carbons (Fsp3) is 0.533. The third-order valence-corrected chi connectivity index (χ3v) is 3.69. The molecule has 118 valence electrons. The highest BCUT2D eigenvalue weighted by atomic mass is 35.5. The van der Waals surface area contributed by atoms with E-state index >= 15 is 0 Å². The van der Waals surface area contributed by atoms with E-state index in [1.54, 1.807) is 7.05 Å². The van der Waals surface area contributed by atoms with E-state index in [4.69, 9.17) is 27.9 Å². The van der Waals surface area contributed by atoms with Gasteiger partial charge in [0.05, 0.1) is 6.61 Å². The molecule has 0 fully saturated rings. The summed E-state index contributed by atoms with van der Waals surface area (Å²) in [4.78, 5) is 4.17. The largest absolute Gasteiger partial charge is 0.380 e. The van der Waals surface area contributed by atoms with Gasteiger partial charge in [0.2, 0.25) is 0 Å². The first-order valence-electron chi connectivity index (χ1n) is 7.06. The first-order valence-corrected chi connectivity index (χ1v) is 7.81. The summed E-state index contributed by atoms with van der Waals surface area (Å²) in [5.41, 5.74) is 0.957. The number of guanidine groups is 1. The summed E-state index contributed by atoms with van der Waals surface area (Å²) in [6, 6.07) is 5.56. The third-order valence-electron chi connectivity index (χ3n) is 3.03. The zero-order chi connectivity index (χ0) is 15.7. The van der Waals surface area contributed by atoms with Gasteiger partial charge in [0.15, 0.2) is 5.96 Å². The van der Waals surface area contributed by atoms with Gasteiger partial charge in [-0.2, -0.15) is 0 Å². The van der Waals surface area contributed by atoms with Crippen LogP contribution in [0.15, 0.2) is 23.2 Å². The molecule has 0 aliphatic heterocycles. The number of benzene rings is 1. The fourth-order valence-corrected chi connectivity index (χ4v) is 2.71. The molecule has 0 amide bonds. The molecule has 0 aromatic heterocycles. The Kier molecular flexibility index (Phi) is 8.50. The summed E-state index contributed by atoms with van der Waals surface area (Å²) in [5, 5.41) is 7.83.